The highest BCUT2D eigenvalue weighted by atomic mass is 16.5. The summed E-state index contributed by atoms with van der Waals surface area (Å²) in [6.07, 6.45) is 5.74. The predicted octanol–water partition coefficient (Wildman–Crippen LogP) is 2.79. The molecule has 1 aromatic heterocycles. The molecule has 0 amide bonds. The molecule has 1 heterocycles. The van der Waals surface area contributed by atoms with Crippen molar-refractivity contribution in [1.82, 2.24) is 15.3 Å². The van der Waals surface area contributed by atoms with E-state index >= 15 is 0 Å². The average molecular weight is 251 g/mol. The predicted molar refractivity (Wildman–Crippen MR) is 73.6 cm³/mol. The summed E-state index contributed by atoms with van der Waals surface area (Å²) in [6, 6.07) is 0.442. The van der Waals surface area contributed by atoms with E-state index < -0.39 is 0 Å². The first-order valence-corrected chi connectivity index (χ1v) is 6.78. The monoisotopic (exact) mass is 251 g/mol. The van der Waals surface area contributed by atoms with E-state index in [1.54, 1.807) is 6.33 Å². The van der Waals surface area contributed by atoms with Crippen molar-refractivity contribution in [2.45, 2.75) is 53.1 Å². The maximum absolute atomic E-state index is 5.79. The minimum atomic E-state index is 0.442. The summed E-state index contributed by atoms with van der Waals surface area (Å²) in [4.78, 5) is 8.27. The maximum Gasteiger partial charge on any atom is 0.220 e. The topological polar surface area (TPSA) is 47.0 Å². The van der Waals surface area contributed by atoms with Crippen molar-refractivity contribution in [3.63, 3.8) is 0 Å². The first-order valence-electron chi connectivity index (χ1n) is 6.78. The molecule has 0 aliphatic rings. The van der Waals surface area contributed by atoms with Gasteiger partial charge in [-0.15, -0.1) is 0 Å². The molecule has 0 aliphatic heterocycles. The van der Waals surface area contributed by atoms with Crippen molar-refractivity contribution in [3.8, 4) is 5.88 Å². The van der Waals surface area contributed by atoms with Gasteiger partial charge < -0.3 is 10.1 Å². The second-order valence-electron chi connectivity index (χ2n) is 5.09. The van der Waals surface area contributed by atoms with E-state index in [9.17, 15) is 0 Å². The number of rotatable bonds is 8. The van der Waals surface area contributed by atoms with Gasteiger partial charge in [0.05, 0.1) is 6.61 Å². The molecule has 1 rings (SSSR count). The fourth-order valence-corrected chi connectivity index (χ4v) is 1.71. The smallest absolute Gasteiger partial charge is 0.220 e. The summed E-state index contributed by atoms with van der Waals surface area (Å²) in [6.45, 7) is 10.1. The number of ether oxygens (including phenoxy) is 1. The van der Waals surface area contributed by atoms with E-state index in [2.05, 4.69) is 43.0 Å². The SMILES string of the molecule is CCCC(C)COc1ncncc1CNC(C)C. The molecular formula is C14H25N3O. The maximum atomic E-state index is 5.79. The fraction of sp³-hybridized carbons (Fsp3) is 0.714. The van der Waals surface area contributed by atoms with E-state index in [0.717, 1.165) is 18.7 Å². The quantitative estimate of drug-likeness (QED) is 0.771. The van der Waals surface area contributed by atoms with Crippen LogP contribution >= 0.6 is 0 Å². The zero-order chi connectivity index (χ0) is 13.4. The third-order valence-corrected chi connectivity index (χ3v) is 2.73. The van der Waals surface area contributed by atoms with Crippen LogP contribution in [0, 0.1) is 5.92 Å². The van der Waals surface area contributed by atoms with Crippen molar-refractivity contribution < 1.29 is 4.74 Å². The highest BCUT2D eigenvalue weighted by molar-refractivity contribution is 5.21. The lowest BCUT2D eigenvalue weighted by atomic mass is 10.1. The van der Waals surface area contributed by atoms with Gasteiger partial charge >= 0.3 is 0 Å². The Bertz CT molecular complexity index is 342. The number of aromatic nitrogens is 2. The number of nitrogens with one attached hydrogen (secondary N) is 1. The summed E-state index contributed by atoms with van der Waals surface area (Å²) in [5.74, 6) is 1.27. The van der Waals surface area contributed by atoms with E-state index in [0.29, 0.717) is 17.8 Å². The summed E-state index contributed by atoms with van der Waals surface area (Å²) in [5.41, 5.74) is 1.02. The normalized spacial score (nSPS) is 12.7. The number of hydrogen-bond donors (Lipinski definition) is 1. The molecule has 1 aromatic rings. The molecule has 4 nitrogen and oxygen atoms in total. The third-order valence-electron chi connectivity index (χ3n) is 2.73. The molecule has 0 saturated heterocycles. The molecule has 18 heavy (non-hydrogen) atoms. The highest BCUT2D eigenvalue weighted by Gasteiger charge is 2.08. The molecule has 0 fully saturated rings. The number of hydrogen-bond acceptors (Lipinski definition) is 4. The second-order valence-corrected chi connectivity index (χ2v) is 5.09. The molecule has 1 atom stereocenters. The Kier molecular flexibility index (Phi) is 6.65. The van der Waals surface area contributed by atoms with Crippen LogP contribution in [0.3, 0.4) is 0 Å². The Labute approximate surface area is 110 Å². The van der Waals surface area contributed by atoms with Crippen molar-refractivity contribution in [2.24, 2.45) is 5.92 Å². The van der Waals surface area contributed by atoms with Gasteiger partial charge in [0.1, 0.15) is 6.33 Å². The number of nitrogens with zero attached hydrogens (tertiary/aromatic N) is 2. The van der Waals surface area contributed by atoms with E-state index in [1.807, 2.05) is 6.20 Å². The van der Waals surface area contributed by atoms with Crippen LogP contribution in [-0.4, -0.2) is 22.6 Å². The van der Waals surface area contributed by atoms with Gasteiger partial charge in [0.25, 0.3) is 0 Å². The van der Waals surface area contributed by atoms with Gasteiger partial charge in [-0.25, -0.2) is 9.97 Å². The summed E-state index contributed by atoms with van der Waals surface area (Å²) in [7, 11) is 0. The molecule has 0 radical (unpaired) electrons. The highest BCUT2D eigenvalue weighted by Crippen LogP contribution is 2.15. The Balaban J connectivity index is 2.53. The molecule has 4 heteroatoms. The molecule has 0 aliphatic carbocycles. The lowest BCUT2D eigenvalue weighted by Crippen LogP contribution is -2.22. The van der Waals surface area contributed by atoms with Crippen LogP contribution in [-0.2, 0) is 6.54 Å². The van der Waals surface area contributed by atoms with Crippen molar-refractivity contribution in [3.05, 3.63) is 18.1 Å². The lowest BCUT2D eigenvalue weighted by Gasteiger charge is -2.14. The molecule has 0 spiro atoms. The van der Waals surface area contributed by atoms with E-state index in [4.69, 9.17) is 4.74 Å². The van der Waals surface area contributed by atoms with Gasteiger partial charge in [-0.05, 0) is 12.3 Å². The van der Waals surface area contributed by atoms with Gasteiger partial charge in [-0.2, -0.15) is 0 Å². The standard InChI is InChI=1S/C14H25N3O/c1-5-6-12(4)9-18-14-13(7-15-10-17-14)8-16-11(2)3/h7,10-12,16H,5-6,8-9H2,1-4H3. The fourth-order valence-electron chi connectivity index (χ4n) is 1.71. The molecular weight excluding hydrogens is 226 g/mol. The van der Waals surface area contributed by atoms with Crippen LogP contribution in [0.4, 0.5) is 0 Å². The van der Waals surface area contributed by atoms with Gasteiger partial charge in [0, 0.05) is 24.3 Å². The Morgan fingerprint density at radius 2 is 2.11 bits per heavy atom. The summed E-state index contributed by atoms with van der Waals surface area (Å²) < 4.78 is 5.79. The zero-order valence-corrected chi connectivity index (χ0v) is 11.9. The summed E-state index contributed by atoms with van der Waals surface area (Å²) >= 11 is 0. The molecule has 1 unspecified atom stereocenters. The molecule has 0 saturated carbocycles. The van der Waals surface area contributed by atoms with Crippen LogP contribution in [0.5, 0.6) is 5.88 Å². The molecule has 0 bridgehead atoms. The molecule has 102 valence electrons. The largest absolute Gasteiger partial charge is 0.477 e. The average Bonchev–Trinajstić information content (AvgIpc) is 2.35. The summed E-state index contributed by atoms with van der Waals surface area (Å²) in [5, 5.41) is 3.35. The van der Waals surface area contributed by atoms with Crippen LogP contribution < -0.4 is 10.1 Å². The molecule has 0 aromatic carbocycles. The van der Waals surface area contributed by atoms with Crippen LogP contribution in [0.25, 0.3) is 0 Å². The van der Waals surface area contributed by atoms with E-state index in [-0.39, 0.29) is 0 Å². The van der Waals surface area contributed by atoms with Crippen molar-refractivity contribution in [1.29, 1.82) is 0 Å². The van der Waals surface area contributed by atoms with Gasteiger partial charge in [-0.3, -0.25) is 0 Å². The molecule has 1 N–H and O–H groups in total. The van der Waals surface area contributed by atoms with Gasteiger partial charge in [-0.1, -0.05) is 34.1 Å². The lowest BCUT2D eigenvalue weighted by molar-refractivity contribution is 0.239. The minimum absolute atomic E-state index is 0.442. The Hall–Kier alpha value is -1.16. The second kappa shape index (κ2) is 8.03. The Morgan fingerprint density at radius 3 is 2.78 bits per heavy atom. The van der Waals surface area contributed by atoms with Crippen molar-refractivity contribution >= 4 is 0 Å². The van der Waals surface area contributed by atoms with Crippen LogP contribution in [0.1, 0.15) is 46.1 Å². The minimum Gasteiger partial charge on any atom is -0.477 e. The van der Waals surface area contributed by atoms with Crippen LogP contribution in [0.15, 0.2) is 12.5 Å². The Morgan fingerprint density at radius 1 is 1.33 bits per heavy atom. The van der Waals surface area contributed by atoms with Crippen molar-refractivity contribution in [2.75, 3.05) is 6.61 Å². The first kappa shape index (κ1) is 14.9. The third kappa shape index (κ3) is 5.45. The van der Waals surface area contributed by atoms with Gasteiger partial charge in [0.2, 0.25) is 5.88 Å². The van der Waals surface area contributed by atoms with Gasteiger partial charge in [0.15, 0.2) is 0 Å². The zero-order valence-electron chi connectivity index (χ0n) is 11.9. The van der Waals surface area contributed by atoms with Crippen LogP contribution in [0.2, 0.25) is 0 Å². The van der Waals surface area contributed by atoms with E-state index in [1.165, 1.54) is 12.8 Å². The first-order chi connectivity index (χ1) is 8.63.